The lowest BCUT2D eigenvalue weighted by Crippen LogP contribution is -2.44. The minimum Gasteiger partial charge on any atom is -0.458 e. The predicted molar refractivity (Wildman–Crippen MR) is 273 cm³/mol. The van der Waals surface area contributed by atoms with Gasteiger partial charge in [-0.15, -0.1) is 5.10 Å². The van der Waals surface area contributed by atoms with E-state index >= 15 is 4.39 Å². The zero-order chi connectivity index (χ0) is 53.6. The molecule has 6 aromatic rings. The number of hydrogen-bond acceptors (Lipinski definition) is 16. The summed E-state index contributed by atoms with van der Waals surface area (Å²) in [5, 5.41) is 25.8. The third-order valence-electron chi connectivity index (χ3n) is 13.6. The number of amides is 3. The fraction of sp³-hybridized carbons (Fsp3) is 0.423. The molecule has 2 aromatic carbocycles. The highest BCUT2D eigenvalue weighted by Crippen LogP contribution is 2.41. The van der Waals surface area contributed by atoms with Crippen molar-refractivity contribution in [3.8, 4) is 22.6 Å². The highest BCUT2D eigenvalue weighted by atomic mass is 32.2. The van der Waals surface area contributed by atoms with Crippen molar-refractivity contribution < 1.29 is 46.6 Å². The lowest BCUT2D eigenvalue weighted by atomic mass is 9.86. The Hall–Kier alpha value is -7.50. The van der Waals surface area contributed by atoms with E-state index in [1.807, 2.05) is 6.92 Å². The normalized spacial score (nSPS) is 15.2. The second-order valence-electron chi connectivity index (χ2n) is 18.8. The van der Waals surface area contributed by atoms with Gasteiger partial charge in [0.25, 0.3) is 5.56 Å². The smallest absolute Gasteiger partial charge is 0.410 e. The molecule has 4 aromatic heterocycles. The van der Waals surface area contributed by atoms with Crippen LogP contribution >= 0.6 is 0 Å². The number of benzene rings is 2. The lowest BCUT2D eigenvalue weighted by Gasteiger charge is -2.31. The fourth-order valence-corrected chi connectivity index (χ4v) is 9.79. The molecule has 0 spiro atoms. The molecule has 0 bridgehead atoms. The summed E-state index contributed by atoms with van der Waals surface area (Å²) < 4.78 is 52.5. The van der Waals surface area contributed by atoms with Crippen molar-refractivity contribution >= 4 is 50.3 Å². The Morgan fingerprint density at radius 2 is 1.79 bits per heavy atom. The van der Waals surface area contributed by atoms with Crippen molar-refractivity contribution in [2.24, 2.45) is 5.73 Å². The summed E-state index contributed by atoms with van der Waals surface area (Å²) in [6, 6.07) is 10.7. The van der Waals surface area contributed by atoms with Crippen LogP contribution in [0.4, 0.5) is 14.9 Å². The van der Waals surface area contributed by atoms with E-state index in [9.17, 15) is 37.5 Å². The number of aromatic nitrogens is 7. The van der Waals surface area contributed by atoms with E-state index in [0.29, 0.717) is 121 Å². The van der Waals surface area contributed by atoms with Gasteiger partial charge in [-0.25, -0.2) is 37.3 Å². The average molecular weight is 1050 g/mol. The number of fused-ring (bicyclic) bond motifs is 5. The van der Waals surface area contributed by atoms with Crippen molar-refractivity contribution in [1.82, 2.24) is 44.7 Å². The number of carbonyl (C=O) groups is 4. The van der Waals surface area contributed by atoms with Crippen molar-refractivity contribution in [2.75, 3.05) is 31.2 Å². The molecular weight excluding hydrogens is 990 g/mol. The summed E-state index contributed by atoms with van der Waals surface area (Å²) in [5.74, 6) is -1.93. The second kappa shape index (κ2) is 22.9. The minimum atomic E-state index is -3.53. The van der Waals surface area contributed by atoms with Gasteiger partial charge in [-0.2, -0.15) is 0 Å². The molecule has 8 rings (SSSR count). The van der Waals surface area contributed by atoms with Gasteiger partial charge in [-0.05, 0) is 106 Å². The van der Waals surface area contributed by atoms with Gasteiger partial charge < -0.3 is 40.4 Å². The average Bonchev–Trinajstić information content (AvgIpc) is 4.05. The number of sulfone groups is 1. The highest BCUT2D eigenvalue weighted by Gasteiger charge is 2.45. The van der Waals surface area contributed by atoms with Gasteiger partial charge in [0.05, 0.1) is 35.2 Å². The molecule has 396 valence electrons. The van der Waals surface area contributed by atoms with Crippen LogP contribution in [0.15, 0.2) is 71.0 Å². The molecule has 0 saturated heterocycles. The van der Waals surface area contributed by atoms with Gasteiger partial charge >= 0.3 is 12.1 Å². The zero-order valence-electron chi connectivity index (χ0n) is 42.2. The monoisotopic (exact) mass is 1050 g/mol. The van der Waals surface area contributed by atoms with Crippen LogP contribution in [0.1, 0.15) is 98.6 Å². The van der Waals surface area contributed by atoms with Crippen molar-refractivity contribution in [1.29, 1.82) is 0 Å². The number of halogens is 1. The number of nitrogens with zero attached hydrogens (tertiary/aromatic N) is 8. The second-order valence-corrected chi connectivity index (χ2v) is 20.7. The van der Waals surface area contributed by atoms with Crippen LogP contribution in [-0.4, -0.2) is 109 Å². The molecule has 5 N–H and O–H groups in total. The summed E-state index contributed by atoms with van der Waals surface area (Å²) in [5.41, 5.74) is 8.85. The Bertz CT molecular complexity index is 3310. The van der Waals surface area contributed by atoms with Crippen LogP contribution in [0, 0.1) is 12.7 Å². The van der Waals surface area contributed by atoms with Gasteiger partial charge in [0, 0.05) is 78.5 Å². The number of pyridine rings is 2. The molecule has 3 amide bonds. The van der Waals surface area contributed by atoms with Crippen LogP contribution in [0.2, 0.25) is 0 Å². The molecule has 23 heteroatoms. The van der Waals surface area contributed by atoms with Crippen molar-refractivity contribution in [2.45, 2.75) is 122 Å². The van der Waals surface area contributed by atoms with Crippen molar-refractivity contribution in [3.05, 3.63) is 111 Å². The standard InChI is InChI=1S/C52H60FN11O10S/c1-5-52(70)39-23-44-46-37(27-64(44)48(67)38(39)30-73-49(52)68)35(36-22-31(3)40(53)24-42(36)59-46)18-21-62(6-2)51(69)74-29-32-14-16-34(17-15-32)57-47(66)41(12-9-10-19-54)58-45(65)13-8-7-11-20-63-28-43(60-61-63)33-25-55-50(56-26-33)75(4,71)72/h14-17,22-26,28,41,70H,5-13,18-21,27,29-30,54H2,1-4H3,(H,57,66)(H,58,65)/t41-,52-/m0/s1. The number of aryl methyl sites for hydroxylation is 2. The summed E-state index contributed by atoms with van der Waals surface area (Å²) in [6.07, 6.45) is 9.13. The van der Waals surface area contributed by atoms with E-state index in [2.05, 4.69) is 30.9 Å². The van der Waals surface area contributed by atoms with Crippen LogP contribution < -0.4 is 21.9 Å². The van der Waals surface area contributed by atoms with Gasteiger partial charge in [0.2, 0.25) is 26.8 Å². The first-order chi connectivity index (χ1) is 35.9. The number of nitrogens with one attached hydrogen (secondary N) is 2. The van der Waals surface area contributed by atoms with Crippen LogP contribution in [0.5, 0.6) is 0 Å². The predicted octanol–water partition coefficient (Wildman–Crippen LogP) is 4.99. The lowest BCUT2D eigenvalue weighted by molar-refractivity contribution is -0.172. The maximum absolute atomic E-state index is 15.1. The number of nitrogens with two attached hydrogens (primary N) is 1. The number of aliphatic hydroxyl groups is 1. The van der Waals surface area contributed by atoms with Gasteiger partial charge in [0.15, 0.2) is 5.60 Å². The number of likely N-dealkylation sites (N-methyl/N-ethyl adjacent to an activating group) is 1. The first-order valence-corrected chi connectivity index (χ1v) is 26.8. The number of esters is 1. The molecule has 0 unspecified atom stereocenters. The molecule has 0 radical (unpaired) electrons. The molecule has 0 fully saturated rings. The molecule has 2 aliphatic heterocycles. The van der Waals surface area contributed by atoms with Crippen molar-refractivity contribution in [3.63, 3.8) is 0 Å². The SMILES string of the molecule is CCN(CCc1c2c(nc3cc(F)c(C)cc13)-c1cc3c(c(=O)n1C2)COC(=O)[C@]3(O)CC)C(=O)OCc1ccc(NC(=O)[C@H](CCCCN)NC(=O)CCCCCn2cc(-c3cnc(S(C)(=O)=O)nc3)nn2)cc1. The fourth-order valence-electron chi connectivity index (χ4n) is 9.30. The first-order valence-electron chi connectivity index (χ1n) is 24.9. The molecular formula is C52H60FN11O10S. The summed E-state index contributed by atoms with van der Waals surface area (Å²) in [4.78, 5) is 80.9. The zero-order valence-corrected chi connectivity index (χ0v) is 43.0. The first kappa shape index (κ1) is 53.8. The van der Waals surface area contributed by atoms with Crippen LogP contribution in [0.3, 0.4) is 0 Å². The summed E-state index contributed by atoms with van der Waals surface area (Å²) in [7, 11) is -3.53. The number of carbonyl (C=O) groups excluding carboxylic acids is 4. The highest BCUT2D eigenvalue weighted by molar-refractivity contribution is 7.90. The molecule has 6 heterocycles. The molecule has 0 saturated carbocycles. The number of unbranched alkanes of at least 4 members (excludes halogenated alkanes) is 3. The van der Waals surface area contributed by atoms with E-state index in [1.165, 1.54) is 23.0 Å². The summed E-state index contributed by atoms with van der Waals surface area (Å²) >= 11 is 0. The largest absolute Gasteiger partial charge is 0.458 e. The molecule has 2 aliphatic rings. The Morgan fingerprint density at radius 3 is 2.49 bits per heavy atom. The number of ether oxygens (including phenoxy) is 2. The number of rotatable bonds is 22. The van der Waals surface area contributed by atoms with Gasteiger partial charge in [-0.3, -0.25) is 19.1 Å². The third-order valence-corrected chi connectivity index (χ3v) is 14.5. The van der Waals surface area contributed by atoms with E-state index in [0.717, 1.165) is 11.8 Å². The maximum Gasteiger partial charge on any atom is 0.410 e. The maximum atomic E-state index is 15.1. The molecule has 0 aliphatic carbocycles. The molecule has 2 atom stereocenters. The Morgan fingerprint density at radius 1 is 1.03 bits per heavy atom. The number of cyclic esters (lactones) is 1. The van der Waals surface area contributed by atoms with E-state index < -0.39 is 44.9 Å². The third kappa shape index (κ3) is 11.9. The van der Waals surface area contributed by atoms with Gasteiger partial charge in [0.1, 0.15) is 30.8 Å². The Balaban J connectivity index is 0.839. The number of anilines is 1. The van der Waals surface area contributed by atoms with Gasteiger partial charge in [-0.1, -0.05) is 30.7 Å². The Labute approximate surface area is 432 Å². The van der Waals surface area contributed by atoms with Crippen LogP contribution in [0.25, 0.3) is 33.5 Å². The topological polar surface area (TPSA) is 286 Å². The van der Waals surface area contributed by atoms with E-state index in [1.54, 1.807) is 66.0 Å². The molecule has 21 nitrogen and oxygen atoms in total. The summed E-state index contributed by atoms with van der Waals surface area (Å²) in [6.45, 7) is 6.39. The van der Waals surface area contributed by atoms with Crippen LogP contribution in [-0.2, 0) is 72.0 Å². The quantitative estimate of drug-likeness (QED) is 0.0395. The Kier molecular flexibility index (Phi) is 16.5. The van der Waals surface area contributed by atoms with E-state index in [-0.39, 0.29) is 67.2 Å². The molecule has 75 heavy (non-hydrogen) atoms. The minimum absolute atomic E-state index is 0.0157. The van der Waals surface area contributed by atoms with E-state index in [4.69, 9.17) is 20.2 Å². The number of hydrogen-bond donors (Lipinski definition) is 4.